The lowest BCUT2D eigenvalue weighted by atomic mass is 10.2. The van der Waals surface area contributed by atoms with Crippen LogP contribution in [-0.4, -0.2) is 21.7 Å². The topological polar surface area (TPSA) is 69.2 Å². The van der Waals surface area contributed by atoms with E-state index in [-0.39, 0.29) is 6.79 Å². The van der Waals surface area contributed by atoms with Gasteiger partial charge in [0.2, 0.25) is 12.7 Å². The summed E-state index contributed by atoms with van der Waals surface area (Å²) in [7, 11) is 0. The SMILES string of the molecule is c1ccc(Nc2ncnc(-c3cccc4c3OCO4)n2)cc1. The first kappa shape index (κ1) is 12.6. The molecule has 1 aromatic heterocycles. The molecule has 2 heterocycles. The molecule has 22 heavy (non-hydrogen) atoms. The number of nitrogens with one attached hydrogen (secondary N) is 1. The molecule has 3 aromatic rings. The second-order valence-corrected chi connectivity index (χ2v) is 4.66. The summed E-state index contributed by atoms with van der Waals surface area (Å²) in [5.41, 5.74) is 1.70. The van der Waals surface area contributed by atoms with Gasteiger partial charge in [0.1, 0.15) is 6.33 Å². The lowest BCUT2D eigenvalue weighted by molar-refractivity contribution is 0.174. The highest BCUT2D eigenvalue weighted by Gasteiger charge is 2.20. The molecule has 0 saturated carbocycles. The fraction of sp³-hybridized carbons (Fsp3) is 0.0625. The zero-order valence-corrected chi connectivity index (χ0v) is 11.6. The predicted octanol–water partition coefficient (Wildman–Crippen LogP) is 3.01. The van der Waals surface area contributed by atoms with E-state index in [9.17, 15) is 0 Å². The van der Waals surface area contributed by atoms with E-state index >= 15 is 0 Å². The molecular formula is C16H12N4O2. The van der Waals surface area contributed by atoms with Crippen LogP contribution in [0.5, 0.6) is 11.5 Å². The number of nitrogens with zero attached hydrogens (tertiary/aromatic N) is 3. The molecule has 6 nitrogen and oxygen atoms in total. The monoisotopic (exact) mass is 292 g/mol. The molecule has 0 atom stereocenters. The van der Waals surface area contributed by atoms with Crippen LogP contribution in [0, 0.1) is 0 Å². The van der Waals surface area contributed by atoms with E-state index in [1.54, 1.807) is 0 Å². The third kappa shape index (κ3) is 2.31. The number of anilines is 2. The summed E-state index contributed by atoms with van der Waals surface area (Å²) in [4.78, 5) is 12.8. The van der Waals surface area contributed by atoms with Crippen molar-refractivity contribution in [3.05, 3.63) is 54.9 Å². The van der Waals surface area contributed by atoms with Crippen LogP contribution in [0.25, 0.3) is 11.4 Å². The highest BCUT2D eigenvalue weighted by molar-refractivity contribution is 5.70. The van der Waals surface area contributed by atoms with Crippen LogP contribution in [0.2, 0.25) is 0 Å². The lowest BCUT2D eigenvalue weighted by Gasteiger charge is -2.07. The second-order valence-electron chi connectivity index (χ2n) is 4.66. The van der Waals surface area contributed by atoms with Crippen LogP contribution in [0.15, 0.2) is 54.9 Å². The number of hydrogen-bond acceptors (Lipinski definition) is 6. The quantitative estimate of drug-likeness (QED) is 0.800. The van der Waals surface area contributed by atoms with Gasteiger partial charge in [-0.1, -0.05) is 24.3 Å². The van der Waals surface area contributed by atoms with E-state index in [0.717, 1.165) is 11.3 Å². The Hall–Kier alpha value is -3.15. The predicted molar refractivity (Wildman–Crippen MR) is 81.1 cm³/mol. The molecule has 6 heteroatoms. The van der Waals surface area contributed by atoms with Crippen molar-refractivity contribution in [1.82, 2.24) is 15.0 Å². The Morgan fingerprint density at radius 3 is 2.73 bits per heavy atom. The smallest absolute Gasteiger partial charge is 0.231 e. The Bertz CT molecular complexity index is 808. The lowest BCUT2D eigenvalue weighted by Crippen LogP contribution is -2.00. The molecule has 0 radical (unpaired) electrons. The van der Waals surface area contributed by atoms with Crippen molar-refractivity contribution in [3.63, 3.8) is 0 Å². The molecular weight excluding hydrogens is 280 g/mol. The van der Waals surface area contributed by atoms with Gasteiger partial charge in [0.05, 0.1) is 5.56 Å². The maximum atomic E-state index is 5.50. The van der Waals surface area contributed by atoms with Crippen molar-refractivity contribution in [2.75, 3.05) is 12.1 Å². The van der Waals surface area contributed by atoms with Crippen molar-refractivity contribution >= 4 is 11.6 Å². The highest BCUT2D eigenvalue weighted by atomic mass is 16.7. The molecule has 0 spiro atoms. The minimum absolute atomic E-state index is 0.215. The highest BCUT2D eigenvalue weighted by Crippen LogP contribution is 2.39. The maximum Gasteiger partial charge on any atom is 0.231 e. The molecule has 0 amide bonds. The fourth-order valence-corrected chi connectivity index (χ4v) is 2.24. The van der Waals surface area contributed by atoms with E-state index in [1.165, 1.54) is 6.33 Å². The van der Waals surface area contributed by atoms with Crippen molar-refractivity contribution in [3.8, 4) is 22.9 Å². The number of para-hydroxylation sites is 2. The minimum Gasteiger partial charge on any atom is -0.454 e. The van der Waals surface area contributed by atoms with Gasteiger partial charge in [0, 0.05) is 5.69 Å². The van der Waals surface area contributed by atoms with Gasteiger partial charge in [-0.25, -0.2) is 9.97 Å². The number of aromatic nitrogens is 3. The number of hydrogen-bond donors (Lipinski definition) is 1. The molecule has 1 aliphatic heterocycles. The fourth-order valence-electron chi connectivity index (χ4n) is 2.24. The van der Waals surface area contributed by atoms with Gasteiger partial charge in [0.25, 0.3) is 0 Å². The van der Waals surface area contributed by atoms with Gasteiger partial charge in [0.15, 0.2) is 17.3 Å². The van der Waals surface area contributed by atoms with E-state index in [1.807, 2.05) is 48.5 Å². The Kier molecular flexibility index (Phi) is 3.05. The standard InChI is InChI=1S/C16H12N4O2/c1-2-5-11(6-3-1)19-16-18-9-17-15(20-16)12-7-4-8-13-14(12)22-10-21-13/h1-9H,10H2,(H,17,18,19,20). The maximum absolute atomic E-state index is 5.50. The number of fused-ring (bicyclic) bond motifs is 1. The summed E-state index contributed by atoms with van der Waals surface area (Å²) in [6, 6.07) is 15.4. The van der Waals surface area contributed by atoms with E-state index < -0.39 is 0 Å². The molecule has 0 bridgehead atoms. The van der Waals surface area contributed by atoms with Gasteiger partial charge in [-0.05, 0) is 24.3 Å². The molecule has 108 valence electrons. The molecule has 0 aliphatic carbocycles. The molecule has 0 fully saturated rings. The van der Waals surface area contributed by atoms with Gasteiger partial charge in [-0.15, -0.1) is 0 Å². The van der Waals surface area contributed by atoms with Crippen LogP contribution in [0.3, 0.4) is 0 Å². The van der Waals surface area contributed by atoms with Crippen LogP contribution in [0.4, 0.5) is 11.6 Å². The molecule has 2 aromatic carbocycles. The average molecular weight is 292 g/mol. The summed E-state index contributed by atoms with van der Waals surface area (Å²) in [6.07, 6.45) is 1.48. The summed E-state index contributed by atoms with van der Waals surface area (Å²) < 4.78 is 10.9. The summed E-state index contributed by atoms with van der Waals surface area (Å²) in [6.45, 7) is 0.215. The molecule has 4 rings (SSSR count). The van der Waals surface area contributed by atoms with Crippen LogP contribution < -0.4 is 14.8 Å². The minimum atomic E-state index is 0.215. The van der Waals surface area contributed by atoms with E-state index in [2.05, 4.69) is 20.3 Å². The number of ether oxygens (including phenoxy) is 2. The Morgan fingerprint density at radius 1 is 0.909 bits per heavy atom. The molecule has 1 N–H and O–H groups in total. The normalized spacial score (nSPS) is 12.2. The molecule has 0 unspecified atom stereocenters. The first-order valence-electron chi connectivity index (χ1n) is 6.80. The van der Waals surface area contributed by atoms with Gasteiger partial charge >= 0.3 is 0 Å². The average Bonchev–Trinajstić information content (AvgIpc) is 3.04. The molecule has 0 saturated heterocycles. The Labute approximate surface area is 126 Å². The Morgan fingerprint density at radius 2 is 1.82 bits per heavy atom. The van der Waals surface area contributed by atoms with Crippen LogP contribution >= 0.6 is 0 Å². The summed E-state index contributed by atoms with van der Waals surface area (Å²) in [5.74, 6) is 2.39. The van der Waals surface area contributed by atoms with Crippen molar-refractivity contribution in [2.45, 2.75) is 0 Å². The summed E-state index contributed by atoms with van der Waals surface area (Å²) >= 11 is 0. The van der Waals surface area contributed by atoms with Crippen LogP contribution in [-0.2, 0) is 0 Å². The van der Waals surface area contributed by atoms with Gasteiger partial charge in [-0.3, -0.25) is 0 Å². The van der Waals surface area contributed by atoms with Crippen molar-refractivity contribution in [1.29, 1.82) is 0 Å². The molecule has 1 aliphatic rings. The Balaban J connectivity index is 1.69. The zero-order chi connectivity index (χ0) is 14.8. The zero-order valence-electron chi connectivity index (χ0n) is 11.6. The van der Waals surface area contributed by atoms with Crippen molar-refractivity contribution in [2.24, 2.45) is 0 Å². The number of rotatable bonds is 3. The van der Waals surface area contributed by atoms with Gasteiger partial charge < -0.3 is 14.8 Å². The largest absolute Gasteiger partial charge is 0.454 e. The summed E-state index contributed by atoms with van der Waals surface area (Å²) in [5, 5.41) is 3.15. The second kappa shape index (κ2) is 5.33. The van der Waals surface area contributed by atoms with E-state index in [4.69, 9.17) is 9.47 Å². The van der Waals surface area contributed by atoms with Gasteiger partial charge in [-0.2, -0.15) is 4.98 Å². The third-order valence-electron chi connectivity index (χ3n) is 3.24. The first-order chi connectivity index (χ1) is 10.9. The first-order valence-corrected chi connectivity index (χ1v) is 6.80. The third-order valence-corrected chi connectivity index (χ3v) is 3.24. The van der Waals surface area contributed by atoms with Crippen molar-refractivity contribution < 1.29 is 9.47 Å². The van der Waals surface area contributed by atoms with E-state index in [0.29, 0.717) is 23.3 Å². The van der Waals surface area contributed by atoms with Crippen LogP contribution in [0.1, 0.15) is 0 Å². The number of benzene rings is 2.